The number of rotatable bonds is 5. The van der Waals surface area contributed by atoms with Crippen LogP contribution < -0.4 is 4.57 Å². The van der Waals surface area contributed by atoms with Gasteiger partial charge in [0, 0.05) is 17.7 Å². The molecule has 6 heteroatoms. The zero-order valence-corrected chi connectivity index (χ0v) is 14.2. The molecule has 0 amide bonds. The third kappa shape index (κ3) is 3.55. The first kappa shape index (κ1) is 16.5. The number of nitro groups is 1. The summed E-state index contributed by atoms with van der Waals surface area (Å²) in [5, 5.41) is 11.0. The Morgan fingerprint density at radius 1 is 0.889 bits per heavy atom. The van der Waals surface area contributed by atoms with Crippen LogP contribution in [0.4, 0.5) is 5.88 Å². The number of aromatic nitrogens is 1. The van der Waals surface area contributed by atoms with Crippen molar-refractivity contribution in [1.82, 2.24) is 0 Å². The normalized spacial score (nSPS) is 11.5. The summed E-state index contributed by atoms with van der Waals surface area (Å²) in [6, 6.07) is 22.0. The molecule has 0 fully saturated rings. The highest BCUT2D eigenvalue weighted by Crippen LogP contribution is 2.26. The molecule has 0 aliphatic heterocycles. The molecule has 0 saturated heterocycles. The molecule has 0 spiro atoms. The molecule has 0 aliphatic rings. The Hall–Kier alpha value is -3.93. The fourth-order valence-electron chi connectivity index (χ4n) is 2.72. The summed E-state index contributed by atoms with van der Waals surface area (Å²) in [7, 11) is 0. The fourth-order valence-corrected chi connectivity index (χ4v) is 2.72. The van der Waals surface area contributed by atoms with Gasteiger partial charge in [-0.3, -0.25) is 10.1 Å². The molecule has 1 aromatic carbocycles. The minimum Gasteiger partial charge on any atom is -0.456 e. The van der Waals surface area contributed by atoms with Crippen LogP contribution in [0.1, 0.15) is 11.5 Å². The summed E-state index contributed by atoms with van der Waals surface area (Å²) in [6.07, 6.45) is 5.46. The second-order valence-electron chi connectivity index (χ2n) is 5.78. The van der Waals surface area contributed by atoms with Crippen molar-refractivity contribution in [2.75, 3.05) is 0 Å². The summed E-state index contributed by atoms with van der Waals surface area (Å²) in [5.74, 6) is 1.41. The van der Waals surface area contributed by atoms with Crippen molar-refractivity contribution in [2.24, 2.45) is 0 Å². The Morgan fingerprint density at radius 2 is 1.63 bits per heavy atom. The molecule has 0 aliphatic carbocycles. The molecule has 132 valence electrons. The van der Waals surface area contributed by atoms with Gasteiger partial charge in [0.25, 0.3) is 5.70 Å². The molecule has 27 heavy (non-hydrogen) atoms. The van der Waals surface area contributed by atoms with Gasteiger partial charge >= 0.3 is 5.88 Å². The third-order valence-electron chi connectivity index (χ3n) is 3.98. The largest absolute Gasteiger partial charge is 0.456 e. The average Bonchev–Trinajstić information content (AvgIpc) is 3.37. The van der Waals surface area contributed by atoms with E-state index in [9.17, 15) is 10.1 Å². The van der Waals surface area contributed by atoms with Crippen LogP contribution in [-0.4, -0.2) is 4.92 Å². The predicted molar refractivity (Wildman–Crippen MR) is 99.4 cm³/mol. The first-order chi connectivity index (χ1) is 13.2. The van der Waals surface area contributed by atoms with E-state index < -0.39 is 4.92 Å². The van der Waals surface area contributed by atoms with Crippen molar-refractivity contribution in [2.45, 2.75) is 0 Å². The second-order valence-corrected chi connectivity index (χ2v) is 5.78. The zero-order valence-electron chi connectivity index (χ0n) is 14.2. The molecular weight excluding hydrogens is 344 g/mol. The van der Waals surface area contributed by atoms with Gasteiger partial charge in [0.1, 0.15) is 16.4 Å². The summed E-state index contributed by atoms with van der Waals surface area (Å²) in [5.41, 5.74) is 1.59. The second kappa shape index (κ2) is 7.13. The highest BCUT2D eigenvalue weighted by Gasteiger charge is 2.22. The molecule has 0 N–H and O–H groups in total. The van der Waals surface area contributed by atoms with E-state index in [2.05, 4.69) is 0 Å². The smallest absolute Gasteiger partial charge is 0.433 e. The fraction of sp³-hybridized carbons (Fsp3) is 0. The van der Waals surface area contributed by atoms with E-state index in [-0.39, 0.29) is 5.88 Å². The van der Waals surface area contributed by atoms with Gasteiger partial charge in [0.15, 0.2) is 12.4 Å². The Balaban J connectivity index is 1.77. The van der Waals surface area contributed by atoms with Crippen LogP contribution in [-0.2, 0) is 0 Å². The van der Waals surface area contributed by atoms with Gasteiger partial charge in [0.2, 0.25) is 5.76 Å². The summed E-state index contributed by atoms with van der Waals surface area (Å²) < 4.78 is 13.1. The molecule has 4 aromatic rings. The maximum Gasteiger partial charge on any atom is 0.433 e. The molecule has 0 bridgehead atoms. The van der Waals surface area contributed by atoms with Crippen LogP contribution in [0, 0.1) is 10.1 Å². The number of hydrogen-bond acceptors (Lipinski definition) is 4. The standard InChI is InChI=1S/C21H15N2O4/c24-23(25)21-12-11-20(27-21)18(22-13-5-2-6-14-22)15-17-9-10-19(26-17)16-7-3-1-4-8-16/h1-15H/q+1/b18-15-. The van der Waals surface area contributed by atoms with Crippen LogP contribution in [0.5, 0.6) is 0 Å². The number of nitrogens with zero attached hydrogens (tertiary/aromatic N) is 2. The molecular formula is C21H15N2O4+. The van der Waals surface area contributed by atoms with Gasteiger partial charge < -0.3 is 8.83 Å². The lowest BCUT2D eigenvalue weighted by Crippen LogP contribution is -2.31. The van der Waals surface area contributed by atoms with Gasteiger partial charge in [-0.1, -0.05) is 36.4 Å². The van der Waals surface area contributed by atoms with Crippen LogP contribution in [0.2, 0.25) is 0 Å². The molecule has 0 radical (unpaired) electrons. The number of furan rings is 2. The minimum absolute atomic E-state index is 0.308. The number of benzene rings is 1. The Kier molecular flexibility index (Phi) is 4.37. The zero-order chi connectivity index (χ0) is 18.6. The molecule has 6 nitrogen and oxygen atoms in total. The van der Waals surface area contributed by atoms with Crippen molar-refractivity contribution in [3.63, 3.8) is 0 Å². The molecule has 0 atom stereocenters. The van der Waals surface area contributed by atoms with Gasteiger partial charge in [-0.15, -0.1) is 0 Å². The lowest BCUT2D eigenvalue weighted by Gasteiger charge is -1.98. The number of hydrogen-bond donors (Lipinski definition) is 0. The maximum atomic E-state index is 11.0. The van der Waals surface area contributed by atoms with Crippen molar-refractivity contribution in [3.05, 3.63) is 107 Å². The van der Waals surface area contributed by atoms with Crippen LogP contribution in [0.3, 0.4) is 0 Å². The molecule has 0 saturated carbocycles. The monoisotopic (exact) mass is 359 g/mol. The summed E-state index contributed by atoms with van der Waals surface area (Å²) in [4.78, 5) is 10.4. The van der Waals surface area contributed by atoms with E-state index in [0.717, 1.165) is 11.3 Å². The van der Waals surface area contributed by atoms with E-state index in [1.807, 2.05) is 77.6 Å². The van der Waals surface area contributed by atoms with Crippen molar-refractivity contribution < 1.29 is 18.3 Å². The molecule has 3 heterocycles. The van der Waals surface area contributed by atoms with E-state index in [1.165, 1.54) is 6.07 Å². The number of pyridine rings is 1. The molecule has 3 aromatic heterocycles. The van der Waals surface area contributed by atoms with Crippen LogP contribution in [0.25, 0.3) is 23.1 Å². The van der Waals surface area contributed by atoms with Gasteiger partial charge in [0.05, 0.1) is 12.1 Å². The third-order valence-corrected chi connectivity index (χ3v) is 3.98. The Labute approximate surface area is 154 Å². The van der Waals surface area contributed by atoms with E-state index in [4.69, 9.17) is 8.83 Å². The van der Waals surface area contributed by atoms with Crippen LogP contribution >= 0.6 is 0 Å². The molecule has 0 unspecified atom stereocenters. The predicted octanol–water partition coefficient (Wildman–Crippen LogP) is 4.78. The maximum absolute atomic E-state index is 11.0. The Morgan fingerprint density at radius 3 is 2.33 bits per heavy atom. The summed E-state index contributed by atoms with van der Waals surface area (Å²) >= 11 is 0. The van der Waals surface area contributed by atoms with Crippen molar-refractivity contribution in [3.8, 4) is 11.3 Å². The van der Waals surface area contributed by atoms with Gasteiger partial charge in [-0.2, -0.15) is 4.57 Å². The lowest BCUT2D eigenvalue weighted by atomic mass is 10.2. The first-order valence-corrected chi connectivity index (χ1v) is 8.29. The van der Waals surface area contributed by atoms with E-state index in [1.54, 1.807) is 12.1 Å². The van der Waals surface area contributed by atoms with E-state index in [0.29, 0.717) is 17.2 Å². The van der Waals surface area contributed by atoms with Gasteiger partial charge in [-0.05, 0) is 18.2 Å². The highest BCUT2D eigenvalue weighted by atomic mass is 16.6. The molecule has 4 rings (SSSR count). The topological polar surface area (TPSA) is 73.3 Å². The van der Waals surface area contributed by atoms with Gasteiger partial charge in [-0.25, -0.2) is 0 Å². The van der Waals surface area contributed by atoms with E-state index >= 15 is 0 Å². The lowest BCUT2D eigenvalue weighted by molar-refractivity contribution is -0.579. The summed E-state index contributed by atoms with van der Waals surface area (Å²) in [6.45, 7) is 0. The highest BCUT2D eigenvalue weighted by molar-refractivity contribution is 5.73. The Bertz CT molecular complexity index is 1100. The van der Waals surface area contributed by atoms with Crippen molar-refractivity contribution in [1.29, 1.82) is 0 Å². The SMILES string of the molecule is O=[N+]([O-])c1ccc(/C(=C/c2ccc(-c3ccccc3)o2)[n+]2ccccc2)o1. The minimum atomic E-state index is -0.558. The van der Waals surface area contributed by atoms with Crippen molar-refractivity contribution >= 4 is 17.7 Å². The quantitative estimate of drug-likeness (QED) is 0.292. The first-order valence-electron chi connectivity index (χ1n) is 8.29. The average molecular weight is 359 g/mol. The van der Waals surface area contributed by atoms with Crippen LogP contribution in [0.15, 0.2) is 94.0 Å².